The van der Waals surface area contributed by atoms with Gasteiger partial charge in [-0.05, 0) is 57.8 Å². The normalized spacial score (nSPS) is 17.3. The summed E-state index contributed by atoms with van der Waals surface area (Å²) in [4.78, 5) is 42.4. The second kappa shape index (κ2) is 11.5. The van der Waals surface area contributed by atoms with E-state index in [0.717, 1.165) is 17.3 Å². The fraction of sp³-hybridized carbons (Fsp3) is 0.333. The Balaban J connectivity index is 1.67. The maximum Gasteiger partial charge on any atom is 0.419 e. The van der Waals surface area contributed by atoms with E-state index in [2.05, 4.69) is 20.6 Å². The SMILES string of the molecule is COn1c(=O)c(C2=CC(C)(NC(=O)c3ccc(C(F)(F)F)c(F)c3)CC=C2Cl)cc2cnc(NCCN(C)C)nc21. The molecule has 41 heavy (non-hydrogen) atoms. The van der Waals surface area contributed by atoms with Gasteiger partial charge in [-0.25, -0.2) is 9.37 Å². The fourth-order valence-electron chi connectivity index (χ4n) is 4.28. The van der Waals surface area contributed by atoms with Crippen molar-refractivity contribution in [2.75, 3.05) is 39.6 Å². The van der Waals surface area contributed by atoms with E-state index in [4.69, 9.17) is 16.4 Å². The smallest absolute Gasteiger partial charge is 0.412 e. The van der Waals surface area contributed by atoms with Crippen LogP contribution in [0, 0.1) is 5.82 Å². The molecule has 0 fully saturated rings. The molecular formula is C27H27ClF4N6O3. The highest BCUT2D eigenvalue weighted by atomic mass is 35.5. The number of benzene rings is 1. The predicted molar refractivity (Wildman–Crippen MR) is 147 cm³/mol. The van der Waals surface area contributed by atoms with Crippen molar-refractivity contribution < 1.29 is 27.2 Å². The topological polar surface area (TPSA) is 101 Å². The highest BCUT2D eigenvalue weighted by Gasteiger charge is 2.35. The van der Waals surface area contributed by atoms with Gasteiger partial charge in [0.05, 0.1) is 16.7 Å². The van der Waals surface area contributed by atoms with Crippen LogP contribution in [0.15, 0.2) is 52.4 Å². The first kappa shape index (κ1) is 30.0. The maximum atomic E-state index is 14.1. The Morgan fingerprint density at radius 2 is 2.00 bits per heavy atom. The molecular weight excluding hydrogens is 568 g/mol. The predicted octanol–water partition coefficient (Wildman–Crippen LogP) is 4.08. The van der Waals surface area contributed by atoms with Crippen molar-refractivity contribution in [3.05, 3.63) is 80.5 Å². The quantitative estimate of drug-likeness (QED) is 0.379. The molecule has 0 aliphatic heterocycles. The molecule has 2 aromatic heterocycles. The van der Waals surface area contributed by atoms with Gasteiger partial charge in [0.1, 0.15) is 12.9 Å². The molecule has 3 aromatic rings. The Kier molecular flexibility index (Phi) is 8.41. The van der Waals surface area contributed by atoms with Crippen LogP contribution in [0.25, 0.3) is 16.6 Å². The van der Waals surface area contributed by atoms with Gasteiger partial charge in [0.25, 0.3) is 11.5 Å². The first-order valence-electron chi connectivity index (χ1n) is 12.4. The summed E-state index contributed by atoms with van der Waals surface area (Å²) in [6.07, 6.45) is -0.00709. The lowest BCUT2D eigenvalue weighted by molar-refractivity contribution is -0.140. The molecule has 1 aliphatic carbocycles. The molecule has 1 aromatic carbocycles. The van der Waals surface area contributed by atoms with Gasteiger partial charge in [-0.1, -0.05) is 17.7 Å². The summed E-state index contributed by atoms with van der Waals surface area (Å²) in [5, 5.41) is 6.49. The number of nitrogens with one attached hydrogen (secondary N) is 2. The molecule has 1 atom stereocenters. The van der Waals surface area contributed by atoms with Crippen molar-refractivity contribution in [1.29, 1.82) is 0 Å². The number of amides is 1. The number of nitrogens with zero attached hydrogens (tertiary/aromatic N) is 4. The van der Waals surface area contributed by atoms with Crippen LogP contribution < -0.4 is 21.0 Å². The molecule has 2 N–H and O–H groups in total. The van der Waals surface area contributed by atoms with E-state index in [0.29, 0.717) is 30.0 Å². The van der Waals surface area contributed by atoms with Gasteiger partial charge in [0.15, 0.2) is 5.65 Å². The third kappa shape index (κ3) is 6.51. The Morgan fingerprint density at radius 3 is 2.63 bits per heavy atom. The molecule has 1 amide bonds. The van der Waals surface area contributed by atoms with E-state index in [-0.39, 0.29) is 33.8 Å². The van der Waals surface area contributed by atoms with Crippen molar-refractivity contribution in [2.24, 2.45) is 0 Å². The number of anilines is 1. The molecule has 0 spiro atoms. The molecule has 0 radical (unpaired) electrons. The van der Waals surface area contributed by atoms with E-state index >= 15 is 0 Å². The van der Waals surface area contributed by atoms with Crippen LogP contribution in [-0.2, 0) is 6.18 Å². The van der Waals surface area contributed by atoms with Crippen molar-refractivity contribution in [3.63, 3.8) is 0 Å². The third-order valence-electron chi connectivity index (χ3n) is 6.38. The number of likely N-dealkylation sites (N-methyl/N-ethyl adjacent to an activating group) is 1. The van der Waals surface area contributed by atoms with E-state index in [1.165, 1.54) is 13.3 Å². The van der Waals surface area contributed by atoms with Gasteiger partial charge in [0.2, 0.25) is 5.95 Å². The first-order valence-corrected chi connectivity index (χ1v) is 12.7. The molecule has 1 aliphatic rings. The number of alkyl halides is 3. The lowest BCUT2D eigenvalue weighted by Crippen LogP contribution is -2.45. The van der Waals surface area contributed by atoms with Crippen LogP contribution in [0.2, 0.25) is 0 Å². The van der Waals surface area contributed by atoms with Crippen LogP contribution in [0.3, 0.4) is 0 Å². The number of hydrogen-bond donors (Lipinski definition) is 2. The molecule has 218 valence electrons. The largest absolute Gasteiger partial charge is 0.419 e. The molecule has 4 rings (SSSR count). The summed E-state index contributed by atoms with van der Waals surface area (Å²) < 4.78 is 53.8. The fourth-order valence-corrected chi connectivity index (χ4v) is 4.51. The van der Waals surface area contributed by atoms with Crippen molar-refractivity contribution in [2.45, 2.75) is 25.1 Å². The molecule has 2 heterocycles. The van der Waals surface area contributed by atoms with Crippen LogP contribution in [0.4, 0.5) is 23.5 Å². The summed E-state index contributed by atoms with van der Waals surface area (Å²) in [5.74, 6) is -2.06. The average Bonchev–Trinajstić information content (AvgIpc) is 2.89. The van der Waals surface area contributed by atoms with Crippen LogP contribution in [-0.4, -0.2) is 65.3 Å². The second-order valence-electron chi connectivity index (χ2n) is 9.92. The monoisotopic (exact) mass is 594 g/mol. The van der Waals surface area contributed by atoms with E-state index in [1.54, 1.807) is 25.1 Å². The minimum Gasteiger partial charge on any atom is -0.412 e. The summed E-state index contributed by atoms with van der Waals surface area (Å²) in [6, 6.07) is 3.49. The van der Waals surface area contributed by atoms with Crippen molar-refractivity contribution >= 4 is 40.1 Å². The summed E-state index contributed by atoms with van der Waals surface area (Å²) in [6.45, 7) is 2.94. The summed E-state index contributed by atoms with van der Waals surface area (Å²) in [5.41, 5.74) is -2.83. The molecule has 0 saturated carbocycles. The highest BCUT2D eigenvalue weighted by molar-refractivity contribution is 6.37. The number of carbonyl (C=O) groups excluding carboxylic acids is 1. The van der Waals surface area contributed by atoms with Gasteiger partial charge in [-0.3, -0.25) is 9.59 Å². The standard InChI is InChI=1S/C27H27ClF4N6O3/c1-26(36-23(39)15-5-6-19(21(29)12-15)27(30,31)32)8-7-20(28)18(13-26)17-11-16-14-34-25(33-9-10-37(2)3)35-22(16)38(41-4)24(17)40/h5-7,11-14H,8-10H2,1-4H3,(H,36,39)(H,33,34,35). The highest BCUT2D eigenvalue weighted by Crippen LogP contribution is 2.35. The maximum absolute atomic E-state index is 14.1. The zero-order valence-corrected chi connectivity index (χ0v) is 23.3. The number of hydrogen-bond acceptors (Lipinski definition) is 7. The lowest BCUT2D eigenvalue weighted by atomic mass is 9.87. The van der Waals surface area contributed by atoms with Gasteiger partial charge in [-0.2, -0.15) is 18.2 Å². The number of aromatic nitrogens is 3. The van der Waals surface area contributed by atoms with Crippen LogP contribution in [0.5, 0.6) is 0 Å². The third-order valence-corrected chi connectivity index (χ3v) is 6.74. The Labute approximate surface area is 237 Å². The van der Waals surface area contributed by atoms with Gasteiger partial charge in [0, 0.05) is 40.8 Å². The Hall–Kier alpha value is -3.97. The van der Waals surface area contributed by atoms with Gasteiger partial charge < -0.3 is 20.4 Å². The molecule has 0 bridgehead atoms. The number of halogens is 5. The first-order chi connectivity index (χ1) is 19.2. The Bertz CT molecular complexity index is 1620. The number of pyridine rings is 1. The van der Waals surface area contributed by atoms with Crippen molar-refractivity contribution in [3.8, 4) is 0 Å². The minimum atomic E-state index is -4.89. The summed E-state index contributed by atoms with van der Waals surface area (Å²) in [7, 11) is 5.17. The molecule has 0 saturated heterocycles. The molecule has 9 nitrogen and oxygen atoms in total. The van der Waals surface area contributed by atoms with Crippen molar-refractivity contribution in [1.82, 2.24) is 24.9 Å². The zero-order valence-electron chi connectivity index (χ0n) is 22.6. The molecule has 14 heteroatoms. The minimum absolute atomic E-state index is 0.137. The van der Waals surface area contributed by atoms with E-state index in [1.807, 2.05) is 19.0 Å². The number of fused-ring (bicyclic) bond motifs is 1. The second-order valence-corrected chi connectivity index (χ2v) is 10.3. The van der Waals surface area contributed by atoms with Gasteiger partial charge >= 0.3 is 6.18 Å². The van der Waals surface area contributed by atoms with Gasteiger partial charge in [-0.15, -0.1) is 4.73 Å². The summed E-state index contributed by atoms with van der Waals surface area (Å²) >= 11 is 6.50. The lowest BCUT2D eigenvalue weighted by Gasteiger charge is -2.31. The number of carbonyl (C=O) groups is 1. The van der Waals surface area contributed by atoms with E-state index < -0.39 is 34.6 Å². The van der Waals surface area contributed by atoms with Crippen LogP contribution in [0.1, 0.15) is 34.8 Å². The zero-order chi connectivity index (χ0) is 30.1. The van der Waals surface area contributed by atoms with Crippen LogP contribution >= 0.6 is 11.6 Å². The van der Waals surface area contributed by atoms with E-state index in [9.17, 15) is 27.2 Å². The molecule has 1 unspecified atom stereocenters. The Morgan fingerprint density at radius 1 is 1.27 bits per heavy atom. The average molecular weight is 595 g/mol. The number of allylic oxidation sites excluding steroid dienone is 2. The number of rotatable bonds is 8.